The van der Waals surface area contributed by atoms with E-state index >= 15 is 0 Å². The zero-order valence-electron chi connectivity index (χ0n) is 20.8. The number of benzene rings is 2. The van der Waals surface area contributed by atoms with E-state index < -0.39 is 0 Å². The molecule has 1 heteroatoms. The Morgan fingerprint density at radius 3 is 1.90 bits per heavy atom. The Labute approximate surface area is 185 Å². The van der Waals surface area contributed by atoms with E-state index in [1.54, 1.807) is 0 Å². The zero-order valence-corrected chi connectivity index (χ0v) is 20.8. The predicted molar refractivity (Wildman–Crippen MR) is 132 cm³/mol. The van der Waals surface area contributed by atoms with Gasteiger partial charge in [0.05, 0.1) is 11.8 Å². The maximum Gasteiger partial charge on any atom is 0.0725 e. The van der Waals surface area contributed by atoms with E-state index in [0.717, 1.165) is 0 Å². The second-order valence-electron chi connectivity index (χ2n) is 10.4. The summed E-state index contributed by atoms with van der Waals surface area (Å²) in [4.78, 5) is 5.50. The van der Waals surface area contributed by atoms with Crippen molar-refractivity contribution in [3.05, 3.63) is 70.3 Å². The van der Waals surface area contributed by atoms with Gasteiger partial charge in [0.15, 0.2) is 0 Å². The largest absolute Gasteiger partial charge is 0.280 e. The maximum absolute atomic E-state index is 5.50. The van der Waals surface area contributed by atoms with E-state index in [4.69, 9.17) is 4.99 Å². The number of fused-ring (bicyclic) bond motifs is 3. The molecule has 4 rings (SSSR count). The Bertz CT molecular complexity index is 932. The molecule has 0 aromatic heterocycles. The van der Waals surface area contributed by atoms with E-state index in [0.29, 0.717) is 23.8 Å². The average Bonchev–Trinajstić information content (AvgIpc) is 2.73. The van der Waals surface area contributed by atoms with Crippen molar-refractivity contribution >= 4 is 5.71 Å². The minimum atomic E-state index is 0.232. The summed E-state index contributed by atoms with van der Waals surface area (Å²) in [5.74, 6) is 1.59. The van der Waals surface area contributed by atoms with Crippen LogP contribution in [0.4, 0.5) is 0 Å². The summed E-state index contributed by atoms with van der Waals surface area (Å²) < 4.78 is 0. The first-order valence-electron chi connectivity index (χ1n) is 11.8. The molecule has 1 heterocycles. The first kappa shape index (κ1) is 22.8. The third kappa shape index (κ3) is 3.26. The third-order valence-electron chi connectivity index (χ3n) is 8.96. The smallest absolute Gasteiger partial charge is 0.0725 e. The summed E-state index contributed by atoms with van der Waals surface area (Å²) in [7, 11) is 0. The fraction of sp³-hybridized carbons (Fsp3) is 0.552. The van der Waals surface area contributed by atoms with Gasteiger partial charge in [-0.05, 0) is 59.3 Å². The van der Waals surface area contributed by atoms with Gasteiger partial charge in [0.1, 0.15) is 0 Å². The van der Waals surface area contributed by atoms with Crippen LogP contribution in [0.25, 0.3) is 0 Å². The van der Waals surface area contributed by atoms with Gasteiger partial charge in [-0.3, -0.25) is 4.99 Å². The second kappa shape index (κ2) is 7.98. The van der Waals surface area contributed by atoms with Gasteiger partial charge in [-0.1, -0.05) is 91.8 Å². The standard InChI is InChI=1S/C27H35N.C2H6/c1-16-14-21-22(15-17(16)2)25(20-12-10-9-11-13-20)28-24-19(4)27(7,8)26(5,6)18(3)23(21)24;1-2/h9-15,18-19,23-24H,1-8H3;1-2H3. The van der Waals surface area contributed by atoms with E-state index in [2.05, 4.69) is 97.9 Å². The van der Waals surface area contributed by atoms with Crippen LogP contribution in [0.15, 0.2) is 47.5 Å². The first-order chi connectivity index (χ1) is 14.1. The van der Waals surface area contributed by atoms with Gasteiger partial charge >= 0.3 is 0 Å². The van der Waals surface area contributed by atoms with E-state index in [9.17, 15) is 0 Å². The minimum Gasteiger partial charge on any atom is -0.280 e. The highest BCUT2D eigenvalue weighted by Crippen LogP contribution is 2.62. The number of aryl methyl sites for hydroxylation is 2. The summed E-state index contributed by atoms with van der Waals surface area (Å²) >= 11 is 0. The fourth-order valence-corrected chi connectivity index (χ4v) is 5.67. The first-order valence-corrected chi connectivity index (χ1v) is 11.8. The van der Waals surface area contributed by atoms with E-state index in [-0.39, 0.29) is 10.8 Å². The van der Waals surface area contributed by atoms with E-state index in [1.807, 2.05) is 13.8 Å². The highest BCUT2D eigenvalue weighted by molar-refractivity contribution is 6.14. The molecule has 0 N–H and O–H groups in total. The lowest BCUT2D eigenvalue weighted by Gasteiger charge is -2.60. The van der Waals surface area contributed by atoms with Crippen LogP contribution in [0.2, 0.25) is 0 Å². The van der Waals surface area contributed by atoms with Gasteiger partial charge in [-0.15, -0.1) is 0 Å². The molecule has 4 atom stereocenters. The summed E-state index contributed by atoms with van der Waals surface area (Å²) in [6, 6.07) is 16.0. The van der Waals surface area contributed by atoms with Crippen molar-refractivity contribution in [2.45, 2.75) is 81.2 Å². The molecule has 2 aliphatic rings. The van der Waals surface area contributed by atoms with Gasteiger partial charge in [0, 0.05) is 17.0 Å². The van der Waals surface area contributed by atoms with Crippen LogP contribution in [0, 0.1) is 36.5 Å². The third-order valence-corrected chi connectivity index (χ3v) is 8.96. The molecule has 4 unspecified atom stereocenters. The molecule has 2 aromatic rings. The van der Waals surface area contributed by atoms with Crippen LogP contribution in [-0.2, 0) is 0 Å². The zero-order chi connectivity index (χ0) is 22.4. The maximum atomic E-state index is 5.50. The topological polar surface area (TPSA) is 12.4 Å². The molecule has 0 radical (unpaired) electrons. The molecule has 0 spiro atoms. The Morgan fingerprint density at radius 1 is 0.767 bits per heavy atom. The second-order valence-corrected chi connectivity index (χ2v) is 10.4. The van der Waals surface area contributed by atoms with Gasteiger partial charge in [0.2, 0.25) is 0 Å². The lowest BCUT2D eigenvalue weighted by Crippen LogP contribution is -2.56. The summed E-state index contributed by atoms with van der Waals surface area (Å²) in [5, 5.41) is 0. The molecular formula is C29H41N. The van der Waals surface area contributed by atoms with Crippen molar-refractivity contribution in [2.75, 3.05) is 0 Å². The normalized spacial score (nSPS) is 28.4. The average molecular weight is 404 g/mol. The molecule has 0 saturated heterocycles. The molecule has 1 nitrogen and oxygen atoms in total. The highest BCUT2D eigenvalue weighted by Gasteiger charge is 2.57. The molecule has 162 valence electrons. The van der Waals surface area contributed by atoms with Crippen LogP contribution in [0.5, 0.6) is 0 Å². The van der Waals surface area contributed by atoms with Gasteiger partial charge in [0.25, 0.3) is 0 Å². The van der Waals surface area contributed by atoms with Crippen molar-refractivity contribution in [3.8, 4) is 0 Å². The van der Waals surface area contributed by atoms with Crippen LogP contribution >= 0.6 is 0 Å². The SMILES string of the molecule is CC.Cc1cc2c(cc1C)C1C(N=C2c2ccccc2)C(C)C(C)(C)C(C)(C)C1C. The molecule has 1 saturated carbocycles. The molecule has 0 bridgehead atoms. The summed E-state index contributed by atoms with van der Waals surface area (Å²) in [6.07, 6.45) is 0. The quantitative estimate of drug-likeness (QED) is 0.458. The highest BCUT2D eigenvalue weighted by atomic mass is 14.9. The van der Waals surface area contributed by atoms with Crippen molar-refractivity contribution in [2.24, 2.45) is 27.7 Å². The number of rotatable bonds is 1. The Balaban J connectivity index is 0.00000124. The van der Waals surface area contributed by atoms with Crippen molar-refractivity contribution in [1.82, 2.24) is 0 Å². The lowest BCUT2D eigenvalue weighted by atomic mass is 9.45. The molecule has 1 aliphatic carbocycles. The Morgan fingerprint density at radius 2 is 1.30 bits per heavy atom. The Kier molecular flexibility index (Phi) is 6.07. The molecular weight excluding hydrogens is 362 g/mol. The molecule has 0 amide bonds. The van der Waals surface area contributed by atoms with Crippen molar-refractivity contribution < 1.29 is 0 Å². The number of hydrogen-bond donors (Lipinski definition) is 0. The van der Waals surface area contributed by atoms with Gasteiger partial charge < -0.3 is 0 Å². The van der Waals surface area contributed by atoms with Gasteiger partial charge in [-0.2, -0.15) is 0 Å². The van der Waals surface area contributed by atoms with Crippen molar-refractivity contribution in [3.63, 3.8) is 0 Å². The minimum absolute atomic E-state index is 0.232. The van der Waals surface area contributed by atoms with Crippen LogP contribution < -0.4 is 0 Å². The molecule has 30 heavy (non-hydrogen) atoms. The fourth-order valence-electron chi connectivity index (χ4n) is 5.67. The van der Waals surface area contributed by atoms with Gasteiger partial charge in [-0.25, -0.2) is 0 Å². The summed E-state index contributed by atoms with van der Waals surface area (Å²) in [6.45, 7) is 23.2. The van der Waals surface area contributed by atoms with Crippen LogP contribution in [-0.4, -0.2) is 11.8 Å². The van der Waals surface area contributed by atoms with E-state index in [1.165, 1.54) is 33.5 Å². The molecule has 1 fully saturated rings. The predicted octanol–water partition coefficient (Wildman–Crippen LogP) is 7.97. The molecule has 2 aromatic carbocycles. The number of hydrogen-bond acceptors (Lipinski definition) is 1. The number of aliphatic imine (C=N–C) groups is 1. The van der Waals surface area contributed by atoms with Crippen LogP contribution in [0.3, 0.4) is 0 Å². The lowest BCUT2D eigenvalue weighted by molar-refractivity contribution is -0.0691. The van der Waals surface area contributed by atoms with Crippen LogP contribution in [0.1, 0.15) is 89.1 Å². The molecule has 1 aliphatic heterocycles. The monoisotopic (exact) mass is 403 g/mol. The summed E-state index contributed by atoms with van der Waals surface area (Å²) in [5.41, 5.74) is 8.54. The Hall–Kier alpha value is -1.89. The number of nitrogens with zero attached hydrogens (tertiary/aromatic N) is 1. The van der Waals surface area contributed by atoms with Crippen molar-refractivity contribution in [1.29, 1.82) is 0 Å².